The van der Waals surface area contributed by atoms with E-state index in [-0.39, 0.29) is 5.82 Å². The summed E-state index contributed by atoms with van der Waals surface area (Å²) in [7, 11) is 1.53. The maximum atomic E-state index is 12.6. The number of pyridine rings is 1. The highest BCUT2D eigenvalue weighted by Crippen LogP contribution is 2.40. The average molecular weight is 370 g/mol. The normalized spacial score (nSPS) is 13.5. The lowest BCUT2D eigenvalue weighted by Gasteiger charge is -2.07. The van der Waals surface area contributed by atoms with Gasteiger partial charge in [-0.25, -0.2) is 9.67 Å². The third-order valence-electron chi connectivity index (χ3n) is 4.11. The summed E-state index contributed by atoms with van der Waals surface area (Å²) in [6.07, 6.45) is 5.16. The molecule has 1 aliphatic rings. The molecular weight excluding hydrogens is 354 g/mol. The summed E-state index contributed by atoms with van der Waals surface area (Å²) >= 11 is 6.30. The van der Waals surface area contributed by atoms with Gasteiger partial charge in [0, 0.05) is 18.2 Å². The smallest absolute Gasteiger partial charge is 0.295 e. The fourth-order valence-corrected chi connectivity index (χ4v) is 2.87. The minimum absolute atomic E-state index is 0.0812. The Balaban J connectivity index is 1.68. The zero-order valence-corrected chi connectivity index (χ0v) is 14.8. The van der Waals surface area contributed by atoms with Gasteiger partial charge in [0.15, 0.2) is 0 Å². The van der Waals surface area contributed by atoms with Crippen molar-refractivity contribution >= 4 is 23.2 Å². The standard InChI is InChI=1S/C18H16ClN5O2/c1-26-15-8-9-20-10-13(15)21-18(25)16-22-17(11-6-7-11)24(23-16)14-5-3-2-4-12(14)19/h2-5,8-11H,6-7H2,1H3,(H,21,25). The van der Waals surface area contributed by atoms with Crippen LogP contribution in [-0.4, -0.2) is 32.8 Å². The Morgan fingerprint density at radius 1 is 1.31 bits per heavy atom. The molecule has 1 amide bonds. The SMILES string of the molecule is COc1ccncc1NC(=O)c1nc(C2CC2)n(-c2ccccc2Cl)n1. The second-order valence-corrected chi connectivity index (χ2v) is 6.37. The van der Waals surface area contributed by atoms with Crippen molar-refractivity contribution in [1.29, 1.82) is 0 Å². The first-order valence-electron chi connectivity index (χ1n) is 8.18. The average Bonchev–Trinajstić information content (AvgIpc) is 3.41. The fraction of sp³-hybridized carbons (Fsp3) is 0.222. The van der Waals surface area contributed by atoms with E-state index in [2.05, 4.69) is 20.4 Å². The van der Waals surface area contributed by atoms with Gasteiger partial charge in [0.2, 0.25) is 5.82 Å². The number of anilines is 1. The van der Waals surface area contributed by atoms with Crippen LogP contribution in [0.5, 0.6) is 5.75 Å². The van der Waals surface area contributed by atoms with Gasteiger partial charge in [-0.3, -0.25) is 9.78 Å². The summed E-state index contributed by atoms with van der Waals surface area (Å²) in [6, 6.07) is 9.03. The van der Waals surface area contributed by atoms with E-state index in [1.54, 1.807) is 23.0 Å². The van der Waals surface area contributed by atoms with Crippen molar-refractivity contribution in [1.82, 2.24) is 19.7 Å². The Morgan fingerprint density at radius 2 is 2.12 bits per heavy atom. The lowest BCUT2D eigenvalue weighted by atomic mass is 10.3. The van der Waals surface area contributed by atoms with E-state index >= 15 is 0 Å². The molecule has 1 aliphatic carbocycles. The number of benzene rings is 1. The molecular formula is C18H16ClN5O2. The number of ether oxygens (including phenoxy) is 1. The van der Waals surface area contributed by atoms with Crippen LogP contribution >= 0.6 is 11.6 Å². The van der Waals surface area contributed by atoms with E-state index in [4.69, 9.17) is 16.3 Å². The van der Waals surface area contributed by atoms with Crippen molar-refractivity contribution in [3.05, 3.63) is 59.4 Å². The predicted octanol–water partition coefficient (Wildman–Crippen LogP) is 3.45. The summed E-state index contributed by atoms with van der Waals surface area (Å²) in [4.78, 5) is 21.1. The first-order valence-corrected chi connectivity index (χ1v) is 8.56. The molecule has 1 N–H and O–H groups in total. The van der Waals surface area contributed by atoms with Crippen molar-refractivity contribution in [2.45, 2.75) is 18.8 Å². The van der Waals surface area contributed by atoms with Gasteiger partial charge in [0.25, 0.3) is 5.91 Å². The lowest BCUT2D eigenvalue weighted by Crippen LogP contribution is -2.15. The van der Waals surface area contributed by atoms with Crippen molar-refractivity contribution in [2.75, 3.05) is 12.4 Å². The number of hydrogen-bond acceptors (Lipinski definition) is 5. The van der Waals surface area contributed by atoms with E-state index in [9.17, 15) is 4.79 Å². The highest BCUT2D eigenvalue weighted by atomic mass is 35.5. The molecule has 3 aromatic rings. The monoisotopic (exact) mass is 369 g/mol. The topological polar surface area (TPSA) is 81.9 Å². The van der Waals surface area contributed by atoms with Crippen LogP contribution in [0.3, 0.4) is 0 Å². The van der Waals surface area contributed by atoms with Crippen molar-refractivity contribution < 1.29 is 9.53 Å². The summed E-state index contributed by atoms with van der Waals surface area (Å²) in [5.74, 6) is 1.22. The summed E-state index contributed by atoms with van der Waals surface area (Å²) in [5.41, 5.74) is 1.17. The molecule has 2 aromatic heterocycles. The number of hydrogen-bond donors (Lipinski definition) is 1. The number of para-hydroxylation sites is 1. The first kappa shape index (κ1) is 16.5. The second kappa shape index (κ2) is 6.76. The van der Waals surface area contributed by atoms with Crippen LogP contribution in [0.15, 0.2) is 42.7 Å². The molecule has 0 aliphatic heterocycles. The largest absolute Gasteiger partial charge is 0.494 e. The van der Waals surface area contributed by atoms with Gasteiger partial charge in [-0.1, -0.05) is 23.7 Å². The van der Waals surface area contributed by atoms with Crippen LogP contribution in [-0.2, 0) is 0 Å². The molecule has 1 fully saturated rings. The van der Waals surface area contributed by atoms with Crippen molar-refractivity contribution in [2.24, 2.45) is 0 Å². The van der Waals surface area contributed by atoms with Crippen molar-refractivity contribution in [3.63, 3.8) is 0 Å². The van der Waals surface area contributed by atoms with E-state index in [1.807, 2.05) is 18.2 Å². The Labute approximate surface area is 155 Å². The molecule has 0 atom stereocenters. The quantitative estimate of drug-likeness (QED) is 0.744. The third-order valence-corrected chi connectivity index (χ3v) is 4.43. The molecule has 8 heteroatoms. The summed E-state index contributed by atoms with van der Waals surface area (Å²) in [6.45, 7) is 0. The Morgan fingerprint density at radius 3 is 2.85 bits per heavy atom. The van der Waals surface area contributed by atoms with E-state index < -0.39 is 5.91 Å². The van der Waals surface area contributed by atoms with Gasteiger partial charge in [-0.2, -0.15) is 0 Å². The number of rotatable bonds is 5. The first-order chi connectivity index (χ1) is 12.7. The third kappa shape index (κ3) is 3.13. The summed E-state index contributed by atoms with van der Waals surface area (Å²) in [5, 5.41) is 7.70. The maximum absolute atomic E-state index is 12.6. The fourth-order valence-electron chi connectivity index (χ4n) is 2.66. The lowest BCUT2D eigenvalue weighted by molar-refractivity contribution is 0.101. The highest BCUT2D eigenvalue weighted by Gasteiger charge is 2.32. The number of aromatic nitrogens is 4. The molecule has 26 heavy (non-hydrogen) atoms. The molecule has 0 saturated heterocycles. The van der Waals surface area contributed by atoms with Crippen LogP contribution < -0.4 is 10.1 Å². The molecule has 0 spiro atoms. The molecule has 1 saturated carbocycles. The number of carbonyl (C=O) groups excluding carboxylic acids is 1. The van der Waals surface area contributed by atoms with E-state index in [0.717, 1.165) is 18.7 Å². The second-order valence-electron chi connectivity index (χ2n) is 5.96. The van der Waals surface area contributed by atoms with Crippen molar-refractivity contribution in [3.8, 4) is 11.4 Å². The summed E-state index contributed by atoms with van der Waals surface area (Å²) < 4.78 is 6.89. The van der Waals surface area contributed by atoms with Crippen LogP contribution in [0.4, 0.5) is 5.69 Å². The molecule has 7 nitrogen and oxygen atoms in total. The van der Waals surface area contributed by atoms with Gasteiger partial charge >= 0.3 is 0 Å². The Bertz CT molecular complexity index is 968. The zero-order valence-electron chi connectivity index (χ0n) is 14.0. The minimum Gasteiger partial charge on any atom is -0.494 e. The van der Waals surface area contributed by atoms with Crippen LogP contribution in [0.25, 0.3) is 5.69 Å². The van der Waals surface area contributed by atoms with E-state index in [0.29, 0.717) is 28.1 Å². The molecule has 132 valence electrons. The number of methoxy groups -OCH3 is 1. The van der Waals surface area contributed by atoms with Gasteiger partial charge in [0.05, 0.1) is 24.0 Å². The number of nitrogens with zero attached hydrogens (tertiary/aromatic N) is 4. The number of carbonyl (C=O) groups is 1. The molecule has 0 bridgehead atoms. The molecule has 2 heterocycles. The van der Waals surface area contributed by atoms with Gasteiger partial charge in [-0.15, -0.1) is 5.10 Å². The Hall–Kier alpha value is -2.93. The van der Waals surface area contributed by atoms with Crippen LogP contribution in [0.1, 0.15) is 35.2 Å². The van der Waals surface area contributed by atoms with Gasteiger partial charge in [-0.05, 0) is 25.0 Å². The number of halogens is 1. The van der Waals surface area contributed by atoms with Crippen LogP contribution in [0, 0.1) is 0 Å². The van der Waals surface area contributed by atoms with Gasteiger partial charge in [0.1, 0.15) is 17.3 Å². The zero-order chi connectivity index (χ0) is 18.1. The number of nitrogens with one attached hydrogen (secondary N) is 1. The Kier molecular flexibility index (Phi) is 4.30. The molecule has 0 unspecified atom stereocenters. The molecule has 0 radical (unpaired) electrons. The van der Waals surface area contributed by atoms with Crippen LogP contribution in [0.2, 0.25) is 5.02 Å². The minimum atomic E-state index is -0.427. The van der Waals surface area contributed by atoms with E-state index in [1.165, 1.54) is 13.3 Å². The number of amides is 1. The predicted molar refractivity (Wildman–Crippen MR) is 97.1 cm³/mol. The molecule has 1 aromatic carbocycles. The molecule has 4 rings (SSSR count). The van der Waals surface area contributed by atoms with Gasteiger partial charge < -0.3 is 10.1 Å². The maximum Gasteiger partial charge on any atom is 0.295 e. The highest BCUT2D eigenvalue weighted by molar-refractivity contribution is 6.32.